The third-order valence-corrected chi connectivity index (χ3v) is 6.08. The van der Waals surface area contributed by atoms with E-state index in [1.165, 1.54) is 12.1 Å². The molecule has 0 amide bonds. The molecule has 2 heterocycles. The number of carbonyl (C=O) groups is 1. The van der Waals surface area contributed by atoms with E-state index in [2.05, 4.69) is 21.0 Å². The predicted molar refractivity (Wildman–Crippen MR) is 112 cm³/mol. The van der Waals surface area contributed by atoms with E-state index in [0.29, 0.717) is 13.1 Å². The smallest absolute Gasteiger partial charge is 0.442 e. The molecule has 1 fully saturated rings. The third-order valence-electron chi connectivity index (χ3n) is 6.08. The monoisotopic (exact) mass is 441 g/mol. The number of hydrogen-bond donors (Lipinski definition) is 1. The number of hydrogen-bond acceptors (Lipinski definition) is 4. The zero-order valence-electron chi connectivity index (χ0n) is 17.2. The summed E-state index contributed by atoms with van der Waals surface area (Å²) < 4.78 is 39.6. The molecule has 0 radical (unpaired) electrons. The van der Waals surface area contributed by atoms with Gasteiger partial charge in [-0.25, -0.2) is 0 Å². The molecule has 2 atom stereocenters. The maximum absolute atomic E-state index is 13.2. The molecule has 0 unspecified atom stereocenters. The van der Waals surface area contributed by atoms with E-state index in [1.54, 1.807) is 12.1 Å². The number of rotatable bonds is 6. The zero-order chi connectivity index (χ0) is 22.9. The molecule has 8 heteroatoms. The first-order valence-electron chi connectivity index (χ1n) is 10.3. The Morgan fingerprint density at radius 2 is 1.78 bits per heavy atom. The van der Waals surface area contributed by atoms with Crippen molar-refractivity contribution in [3.63, 3.8) is 0 Å². The summed E-state index contributed by atoms with van der Waals surface area (Å²) in [6, 6.07) is 13.9. The second-order valence-electron chi connectivity index (χ2n) is 8.42. The van der Waals surface area contributed by atoms with Crippen LogP contribution < -0.4 is 0 Å². The number of terminal acetylenes is 1. The maximum atomic E-state index is 13.2. The summed E-state index contributed by atoms with van der Waals surface area (Å²) in [4.78, 5) is 13.5. The predicted octanol–water partition coefficient (Wildman–Crippen LogP) is 4.93. The number of carboxylic acids is 1. The number of alkyl halides is 3. The van der Waals surface area contributed by atoms with E-state index in [-0.39, 0.29) is 23.8 Å². The molecule has 2 aromatic rings. The van der Waals surface area contributed by atoms with Crippen LogP contribution in [0.15, 0.2) is 58.8 Å². The average Bonchev–Trinajstić information content (AvgIpc) is 3.56. The number of benzene rings is 2. The van der Waals surface area contributed by atoms with E-state index in [1.807, 2.05) is 24.3 Å². The van der Waals surface area contributed by atoms with Crippen LogP contribution in [-0.2, 0) is 17.0 Å². The molecule has 4 rings (SSSR count). The Kier molecular flexibility index (Phi) is 5.78. The number of halogens is 3. The van der Waals surface area contributed by atoms with Gasteiger partial charge in [-0.15, -0.1) is 16.7 Å². The van der Waals surface area contributed by atoms with Gasteiger partial charge in [0.25, 0.3) is 0 Å². The van der Waals surface area contributed by atoms with Crippen molar-refractivity contribution in [3.8, 4) is 12.3 Å². The lowest BCUT2D eigenvalue weighted by molar-refractivity contribution is -0.166. The molecule has 2 aromatic carbocycles. The standard InChI is InChI=1S/C24H22F3N3O2/c1-2-16-3-7-19(8-4-16)20-11-18(12-22(31)32)14-30(15-20)13-17-5-9-21(10-6-17)23(28-29-23)24(25,26)27/h1,3-10,18,20H,11-15H2,(H,31,32)/t18-,20+/m1/s1. The summed E-state index contributed by atoms with van der Waals surface area (Å²) in [5.74, 6) is 1.89. The van der Waals surface area contributed by atoms with Gasteiger partial charge in [0.15, 0.2) is 0 Å². The summed E-state index contributed by atoms with van der Waals surface area (Å²) in [6.45, 7) is 1.86. The molecule has 32 heavy (non-hydrogen) atoms. The lowest BCUT2D eigenvalue weighted by atomic mass is 9.82. The highest BCUT2D eigenvalue weighted by atomic mass is 19.4. The Labute approximate surface area is 184 Å². The van der Waals surface area contributed by atoms with Crippen LogP contribution in [-0.4, -0.2) is 35.2 Å². The van der Waals surface area contributed by atoms with Crippen LogP contribution in [0.5, 0.6) is 0 Å². The molecule has 2 aliphatic heterocycles. The first-order chi connectivity index (χ1) is 15.2. The topological polar surface area (TPSA) is 65.3 Å². The van der Waals surface area contributed by atoms with Crippen molar-refractivity contribution in [2.45, 2.75) is 37.1 Å². The first kappa shape index (κ1) is 22.0. The Balaban J connectivity index is 1.49. The number of carboxylic acid groups (broad SMARTS) is 1. The van der Waals surface area contributed by atoms with Gasteiger partial charge in [-0.2, -0.15) is 13.2 Å². The van der Waals surface area contributed by atoms with Gasteiger partial charge in [-0.05, 0) is 41.5 Å². The van der Waals surface area contributed by atoms with Crippen molar-refractivity contribution in [2.24, 2.45) is 16.1 Å². The minimum absolute atomic E-state index is 0.00243. The molecule has 0 aliphatic carbocycles. The van der Waals surface area contributed by atoms with Gasteiger partial charge in [0.2, 0.25) is 0 Å². The van der Waals surface area contributed by atoms with Gasteiger partial charge in [0.05, 0.1) is 0 Å². The highest BCUT2D eigenvalue weighted by Crippen LogP contribution is 2.52. The maximum Gasteiger partial charge on any atom is 0.442 e. The molecule has 5 nitrogen and oxygen atoms in total. The van der Waals surface area contributed by atoms with Crippen LogP contribution in [0.3, 0.4) is 0 Å². The van der Waals surface area contributed by atoms with Crippen LogP contribution in [0.2, 0.25) is 0 Å². The van der Waals surface area contributed by atoms with Crippen molar-refractivity contribution in [2.75, 3.05) is 13.1 Å². The van der Waals surface area contributed by atoms with Gasteiger partial charge in [-0.1, -0.05) is 42.3 Å². The van der Waals surface area contributed by atoms with Crippen LogP contribution in [0.25, 0.3) is 0 Å². The Morgan fingerprint density at radius 1 is 1.12 bits per heavy atom. The molecule has 0 spiro atoms. The van der Waals surface area contributed by atoms with Gasteiger partial charge in [0.1, 0.15) is 0 Å². The second kappa shape index (κ2) is 8.40. The lowest BCUT2D eigenvalue weighted by Gasteiger charge is -2.37. The zero-order valence-corrected chi connectivity index (χ0v) is 17.2. The Hall–Kier alpha value is -3.18. The molecule has 1 saturated heterocycles. The molecular weight excluding hydrogens is 419 g/mol. The van der Waals surface area contributed by atoms with Gasteiger partial charge in [-0.3, -0.25) is 9.69 Å². The summed E-state index contributed by atoms with van der Waals surface area (Å²) >= 11 is 0. The summed E-state index contributed by atoms with van der Waals surface area (Å²) in [5, 5.41) is 15.8. The normalized spacial score (nSPS) is 22.3. The number of nitrogens with zero attached hydrogens (tertiary/aromatic N) is 3. The molecule has 0 bridgehead atoms. The van der Waals surface area contributed by atoms with Crippen molar-refractivity contribution in [1.29, 1.82) is 0 Å². The van der Waals surface area contributed by atoms with Crippen molar-refractivity contribution in [1.82, 2.24) is 4.90 Å². The van der Waals surface area contributed by atoms with Crippen LogP contribution >= 0.6 is 0 Å². The van der Waals surface area contributed by atoms with E-state index < -0.39 is 17.8 Å². The average molecular weight is 441 g/mol. The fourth-order valence-electron chi connectivity index (χ4n) is 4.46. The minimum Gasteiger partial charge on any atom is -0.481 e. The third kappa shape index (κ3) is 4.53. The molecule has 166 valence electrons. The van der Waals surface area contributed by atoms with Gasteiger partial charge in [0, 0.05) is 37.2 Å². The molecule has 0 saturated carbocycles. The number of likely N-dealkylation sites (tertiary alicyclic amines) is 1. The van der Waals surface area contributed by atoms with Crippen LogP contribution in [0.4, 0.5) is 13.2 Å². The number of aliphatic carboxylic acids is 1. The van der Waals surface area contributed by atoms with Gasteiger partial charge >= 0.3 is 17.8 Å². The Morgan fingerprint density at radius 3 is 2.31 bits per heavy atom. The quantitative estimate of drug-likeness (QED) is 0.647. The second-order valence-corrected chi connectivity index (χ2v) is 8.42. The Bertz CT molecular complexity index is 1050. The van der Waals surface area contributed by atoms with E-state index in [0.717, 1.165) is 29.7 Å². The summed E-state index contributed by atoms with van der Waals surface area (Å²) in [5.41, 5.74) is 0.323. The molecule has 2 aliphatic rings. The molecule has 0 aromatic heterocycles. The highest BCUT2D eigenvalue weighted by Gasteiger charge is 2.65. The summed E-state index contributed by atoms with van der Waals surface area (Å²) in [7, 11) is 0. The fraction of sp³-hybridized carbons (Fsp3) is 0.375. The fourth-order valence-corrected chi connectivity index (χ4v) is 4.46. The largest absolute Gasteiger partial charge is 0.481 e. The highest BCUT2D eigenvalue weighted by molar-refractivity contribution is 5.67. The van der Waals surface area contributed by atoms with E-state index in [4.69, 9.17) is 6.42 Å². The van der Waals surface area contributed by atoms with Gasteiger partial charge < -0.3 is 5.11 Å². The van der Waals surface area contributed by atoms with Crippen molar-refractivity contribution < 1.29 is 23.1 Å². The van der Waals surface area contributed by atoms with Crippen LogP contribution in [0, 0.1) is 18.3 Å². The van der Waals surface area contributed by atoms with E-state index >= 15 is 0 Å². The molecular formula is C24H22F3N3O2. The van der Waals surface area contributed by atoms with Crippen molar-refractivity contribution >= 4 is 5.97 Å². The summed E-state index contributed by atoms with van der Waals surface area (Å²) in [6.07, 6.45) is 1.72. The SMILES string of the molecule is C#Cc1ccc([C@H]2C[C@H](CC(=O)O)CN(Cc3ccc(C4(C(F)(F)F)N=N4)cc3)C2)cc1. The first-order valence-corrected chi connectivity index (χ1v) is 10.3. The van der Waals surface area contributed by atoms with Crippen LogP contribution in [0.1, 0.15) is 41.0 Å². The van der Waals surface area contributed by atoms with Crippen molar-refractivity contribution in [3.05, 3.63) is 70.8 Å². The molecule has 1 N–H and O–H groups in total. The number of piperidine rings is 1. The lowest BCUT2D eigenvalue weighted by Crippen LogP contribution is -2.39. The van der Waals surface area contributed by atoms with E-state index in [9.17, 15) is 23.1 Å². The minimum atomic E-state index is -4.55.